The molecule has 7 nitrogen and oxygen atoms in total. The van der Waals surface area contributed by atoms with Crippen LogP contribution in [-0.2, 0) is 21.7 Å². The highest BCUT2D eigenvalue weighted by Gasteiger charge is 2.51. The minimum Gasteiger partial charge on any atom is -0.419 e. The molecule has 1 atom stereocenters. The van der Waals surface area contributed by atoms with Crippen LogP contribution in [0.1, 0.15) is 30.4 Å². The maximum atomic E-state index is 13.1. The number of ketones is 1. The summed E-state index contributed by atoms with van der Waals surface area (Å²) in [4.78, 5) is 26.2. The van der Waals surface area contributed by atoms with Crippen molar-refractivity contribution in [1.82, 2.24) is 10.2 Å². The SMILES string of the molecule is CC(=O)CC1(O)C(=O)N(Cc2nnc(-c3ccccc3)o2)c2c(C)cccc21. The molecule has 7 heteroatoms. The van der Waals surface area contributed by atoms with Crippen molar-refractivity contribution in [3.8, 4) is 11.5 Å². The standard InChI is InChI=1S/C21H19N3O4/c1-13-7-6-10-16-18(13)24(20(26)21(16,27)11-14(2)25)12-17-22-23-19(28-17)15-8-4-3-5-9-15/h3-10,27H,11-12H2,1-2H3. The number of anilines is 1. The maximum Gasteiger partial charge on any atom is 0.264 e. The summed E-state index contributed by atoms with van der Waals surface area (Å²) >= 11 is 0. The van der Waals surface area contributed by atoms with Gasteiger partial charge in [-0.05, 0) is 31.5 Å². The van der Waals surface area contributed by atoms with Crippen LogP contribution < -0.4 is 4.90 Å². The predicted octanol–water partition coefficient (Wildman–Crippen LogP) is 2.76. The van der Waals surface area contributed by atoms with Gasteiger partial charge in [-0.25, -0.2) is 0 Å². The van der Waals surface area contributed by atoms with Gasteiger partial charge >= 0.3 is 0 Å². The van der Waals surface area contributed by atoms with Gasteiger partial charge in [-0.15, -0.1) is 10.2 Å². The first-order valence-electron chi connectivity index (χ1n) is 8.92. The Bertz CT molecular complexity index is 1060. The van der Waals surface area contributed by atoms with Crippen molar-refractivity contribution in [2.45, 2.75) is 32.4 Å². The molecule has 1 unspecified atom stereocenters. The van der Waals surface area contributed by atoms with E-state index in [0.29, 0.717) is 17.1 Å². The molecule has 2 aromatic carbocycles. The quantitative estimate of drug-likeness (QED) is 0.734. The summed E-state index contributed by atoms with van der Waals surface area (Å²) in [6, 6.07) is 14.6. The van der Waals surface area contributed by atoms with E-state index in [1.54, 1.807) is 12.1 Å². The first-order valence-corrected chi connectivity index (χ1v) is 8.92. The van der Waals surface area contributed by atoms with Gasteiger partial charge in [0.05, 0.1) is 5.69 Å². The Morgan fingerprint density at radius 3 is 2.61 bits per heavy atom. The highest BCUT2D eigenvalue weighted by atomic mass is 16.4. The molecule has 2 heterocycles. The molecule has 0 fully saturated rings. The molecule has 1 aliphatic rings. The van der Waals surface area contributed by atoms with Crippen LogP contribution in [0.4, 0.5) is 5.69 Å². The monoisotopic (exact) mass is 377 g/mol. The average molecular weight is 377 g/mol. The fourth-order valence-electron chi connectivity index (χ4n) is 3.62. The molecule has 0 bridgehead atoms. The number of amides is 1. The lowest BCUT2D eigenvalue weighted by molar-refractivity contribution is -0.141. The number of carbonyl (C=O) groups is 2. The third-order valence-corrected chi connectivity index (χ3v) is 4.84. The second-order valence-corrected chi connectivity index (χ2v) is 6.97. The number of benzene rings is 2. The minimum atomic E-state index is -1.88. The molecule has 1 amide bonds. The van der Waals surface area contributed by atoms with Gasteiger partial charge in [-0.2, -0.15) is 0 Å². The highest BCUT2D eigenvalue weighted by Crippen LogP contribution is 2.44. The van der Waals surface area contributed by atoms with Gasteiger partial charge < -0.3 is 9.52 Å². The van der Waals surface area contributed by atoms with Crippen molar-refractivity contribution in [2.75, 3.05) is 4.90 Å². The van der Waals surface area contributed by atoms with E-state index in [4.69, 9.17) is 4.42 Å². The smallest absolute Gasteiger partial charge is 0.264 e. The van der Waals surface area contributed by atoms with Crippen LogP contribution >= 0.6 is 0 Å². The van der Waals surface area contributed by atoms with Crippen LogP contribution in [0.2, 0.25) is 0 Å². The van der Waals surface area contributed by atoms with E-state index in [0.717, 1.165) is 11.1 Å². The first kappa shape index (κ1) is 18.1. The summed E-state index contributed by atoms with van der Waals surface area (Å²) in [5, 5.41) is 19.1. The van der Waals surface area contributed by atoms with Crippen LogP contribution in [0.25, 0.3) is 11.5 Å². The minimum absolute atomic E-state index is 0.0106. The summed E-state index contributed by atoms with van der Waals surface area (Å²) in [6.45, 7) is 3.21. The Labute approximate surface area is 161 Å². The third kappa shape index (κ3) is 2.90. The van der Waals surface area contributed by atoms with Crippen LogP contribution in [0, 0.1) is 6.92 Å². The fourth-order valence-corrected chi connectivity index (χ4v) is 3.62. The van der Waals surface area contributed by atoms with Crippen molar-refractivity contribution in [3.05, 3.63) is 65.5 Å². The number of hydrogen-bond acceptors (Lipinski definition) is 6. The second kappa shape index (κ2) is 6.69. The van der Waals surface area contributed by atoms with E-state index in [1.165, 1.54) is 11.8 Å². The van der Waals surface area contributed by atoms with Crippen molar-refractivity contribution in [2.24, 2.45) is 0 Å². The molecule has 3 aromatic rings. The number of Topliss-reactive ketones (excluding diaryl/α,β-unsaturated/α-hetero) is 1. The van der Waals surface area contributed by atoms with E-state index >= 15 is 0 Å². The van der Waals surface area contributed by atoms with E-state index in [2.05, 4.69) is 10.2 Å². The van der Waals surface area contributed by atoms with Crippen LogP contribution in [0.5, 0.6) is 0 Å². The number of fused-ring (bicyclic) bond motifs is 1. The Kier molecular flexibility index (Phi) is 4.31. The Balaban J connectivity index is 1.70. The van der Waals surface area contributed by atoms with Crippen LogP contribution in [-0.4, -0.2) is 27.0 Å². The molecule has 28 heavy (non-hydrogen) atoms. The van der Waals surface area contributed by atoms with Gasteiger partial charge in [0.1, 0.15) is 12.3 Å². The Hall–Kier alpha value is -3.32. The van der Waals surface area contributed by atoms with Crippen LogP contribution in [0.15, 0.2) is 52.9 Å². The zero-order valence-corrected chi connectivity index (χ0v) is 15.5. The molecule has 4 rings (SSSR count). The fraction of sp³-hybridized carbons (Fsp3) is 0.238. The highest BCUT2D eigenvalue weighted by molar-refractivity contribution is 6.09. The lowest BCUT2D eigenvalue weighted by atomic mass is 9.89. The molecule has 0 saturated carbocycles. The summed E-state index contributed by atoms with van der Waals surface area (Å²) in [6.07, 6.45) is -0.280. The van der Waals surface area contributed by atoms with Gasteiger partial charge in [0, 0.05) is 17.5 Å². The largest absolute Gasteiger partial charge is 0.419 e. The summed E-state index contributed by atoms with van der Waals surface area (Å²) in [5.41, 5.74) is 0.716. The Morgan fingerprint density at radius 1 is 1.14 bits per heavy atom. The van der Waals surface area contributed by atoms with E-state index in [9.17, 15) is 14.7 Å². The molecule has 0 aliphatic carbocycles. The zero-order valence-electron chi connectivity index (χ0n) is 15.5. The average Bonchev–Trinajstić information content (AvgIpc) is 3.21. The van der Waals surface area contributed by atoms with Gasteiger partial charge in [0.2, 0.25) is 11.8 Å². The van der Waals surface area contributed by atoms with E-state index in [-0.39, 0.29) is 24.6 Å². The summed E-state index contributed by atoms with van der Waals surface area (Å²) in [5.74, 6) is -0.236. The molecular weight excluding hydrogens is 358 g/mol. The van der Waals surface area contributed by atoms with Crippen molar-refractivity contribution in [1.29, 1.82) is 0 Å². The van der Waals surface area contributed by atoms with Gasteiger partial charge in [0.25, 0.3) is 5.91 Å². The number of hydrogen-bond donors (Lipinski definition) is 1. The number of aliphatic hydroxyl groups is 1. The lowest BCUT2D eigenvalue weighted by Crippen LogP contribution is -2.41. The number of carbonyl (C=O) groups excluding carboxylic acids is 2. The normalized spacial score (nSPS) is 18.4. The van der Waals surface area contributed by atoms with Crippen molar-refractivity contribution < 1.29 is 19.1 Å². The molecular formula is C21H19N3O4. The van der Waals surface area contributed by atoms with Crippen LogP contribution in [0.3, 0.4) is 0 Å². The molecule has 0 spiro atoms. The third-order valence-electron chi connectivity index (χ3n) is 4.84. The molecule has 1 aromatic heterocycles. The van der Waals surface area contributed by atoms with Gasteiger partial charge in [-0.1, -0.05) is 36.4 Å². The molecule has 1 aliphatic heterocycles. The Morgan fingerprint density at radius 2 is 1.89 bits per heavy atom. The zero-order chi connectivity index (χ0) is 19.9. The number of aryl methyl sites for hydroxylation is 1. The van der Waals surface area contributed by atoms with E-state index in [1.807, 2.05) is 43.3 Å². The van der Waals surface area contributed by atoms with Gasteiger partial charge in [-0.3, -0.25) is 14.5 Å². The molecule has 142 valence electrons. The molecule has 0 saturated heterocycles. The number of nitrogens with zero attached hydrogens (tertiary/aromatic N) is 3. The number of aromatic nitrogens is 2. The van der Waals surface area contributed by atoms with Crippen molar-refractivity contribution in [3.63, 3.8) is 0 Å². The predicted molar refractivity (Wildman–Crippen MR) is 101 cm³/mol. The first-order chi connectivity index (χ1) is 13.4. The summed E-state index contributed by atoms with van der Waals surface area (Å²) < 4.78 is 5.72. The number of para-hydroxylation sites is 1. The topological polar surface area (TPSA) is 96.5 Å². The molecule has 1 N–H and O–H groups in total. The second-order valence-electron chi connectivity index (χ2n) is 6.97. The maximum absolute atomic E-state index is 13.1. The van der Waals surface area contributed by atoms with Crippen molar-refractivity contribution >= 4 is 17.4 Å². The van der Waals surface area contributed by atoms with E-state index < -0.39 is 11.5 Å². The lowest BCUT2D eigenvalue weighted by Gasteiger charge is -2.21. The summed E-state index contributed by atoms with van der Waals surface area (Å²) in [7, 11) is 0. The van der Waals surface area contributed by atoms with Gasteiger partial charge in [0.15, 0.2) is 5.60 Å². The number of rotatable bonds is 5. The molecule has 0 radical (unpaired) electrons.